The number of hydrogen-bond acceptors (Lipinski definition) is 7. The van der Waals surface area contributed by atoms with Crippen molar-refractivity contribution in [1.82, 2.24) is 29.6 Å². The van der Waals surface area contributed by atoms with Crippen LogP contribution in [0.15, 0.2) is 35.4 Å². The van der Waals surface area contributed by atoms with Crippen LogP contribution in [0.25, 0.3) is 17.3 Å². The summed E-state index contributed by atoms with van der Waals surface area (Å²) in [5.41, 5.74) is 0.932. The number of pyridine rings is 1. The van der Waals surface area contributed by atoms with Crippen LogP contribution < -0.4 is 0 Å². The third-order valence-corrected chi connectivity index (χ3v) is 4.45. The molecule has 9 heteroatoms. The van der Waals surface area contributed by atoms with Crippen LogP contribution in [0, 0.1) is 0 Å². The Balaban J connectivity index is 1.57. The lowest BCUT2D eigenvalue weighted by Gasteiger charge is -2.25. The third-order valence-electron chi connectivity index (χ3n) is 4.45. The number of carbonyl (C=O) groups excluding carboxylic acids is 1. The normalized spacial score (nSPS) is 15.0. The van der Waals surface area contributed by atoms with Gasteiger partial charge >= 0.3 is 0 Å². The molecule has 146 valence electrons. The highest BCUT2D eigenvalue weighted by Crippen LogP contribution is 2.24. The first kappa shape index (κ1) is 18.3. The van der Waals surface area contributed by atoms with Crippen LogP contribution in [0.5, 0.6) is 0 Å². The van der Waals surface area contributed by atoms with Crippen molar-refractivity contribution in [2.45, 2.75) is 26.2 Å². The van der Waals surface area contributed by atoms with Crippen LogP contribution in [0.4, 0.5) is 0 Å². The van der Waals surface area contributed by atoms with Gasteiger partial charge in [-0.05, 0) is 12.1 Å². The topological polar surface area (TPSA) is 99.2 Å². The van der Waals surface area contributed by atoms with Gasteiger partial charge in [-0.1, -0.05) is 25.9 Å². The van der Waals surface area contributed by atoms with E-state index in [9.17, 15) is 4.79 Å². The molecular formula is C19H22N6O3. The van der Waals surface area contributed by atoms with E-state index in [1.54, 1.807) is 34.3 Å². The van der Waals surface area contributed by atoms with E-state index in [2.05, 4.69) is 20.1 Å². The smallest absolute Gasteiger partial charge is 0.274 e. The van der Waals surface area contributed by atoms with Gasteiger partial charge in [0.05, 0.1) is 13.2 Å². The summed E-state index contributed by atoms with van der Waals surface area (Å²) in [6.45, 7) is 8.33. The fraction of sp³-hybridized carbons (Fsp3) is 0.421. The molecule has 1 aliphatic heterocycles. The van der Waals surface area contributed by atoms with E-state index in [1.807, 2.05) is 26.8 Å². The van der Waals surface area contributed by atoms with Gasteiger partial charge in [-0.25, -0.2) is 9.97 Å². The summed E-state index contributed by atoms with van der Waals surface area (Å²) >= 11 is 0. The maximum atomic E-state index is 12.6. The van der Waals surface area contributed by atoms with E-state index in [1.165, 1.54) is 0 Å². The molecule has 0 aromatic carbocycles. The predicted octanol–water partition coefficient (Wildman–Crippen LogP) is 2.09. The van der Waals surface area contributed by atoms with E-state index in [-0.39, 0.29) is 11.3 Å². The SMILES string of the molecule is CC(C)(C)c1noc(-c2ccnc(-n3cnc(C(=O)N4CCOCC4)c3)c2)n1. The number of nitrogens with zero attached hydrogens (tertiary/aromatic N) is 6. The summed E-state index contributed by atoms with van der Waals surface area (Å²) in [6.07, 6.45) is 4.92. The zero-order valence-electron chi connectivity index (χ0n) is 16.1. The number of aromatic nitrogens is 5. The molecule has 9 nitrogen and oxygen atoms in total. The van der Waals surface area contributed by atoms with Gasteiger partial charge in [0.2, 0.25) is 0 Å². The molecule has 0 bridgehead atoms. The van der Waals surface area contributed by atoms with Crippen molar-refractivity contribution in [1.29, 1.82) is 0 Å². The Bertz CT molecular complexity index is 981. The summed E-state index contributed by atoms with van der Waals surface area (Å²) in [7, 11) is 0. The maximum Gasteiger partial charge on any atom is 0.274 e. The molecule has 0 spiro atoms. The number of hydrogen-bond donors (Lipinski definition) is 0. The minimum absolute atomic E-state index is 0.107. The van der Waals surface area contributed by atoms with Gasteiger partial charge in [-0.15, -0.1) is 0 Å². The highest BCUT2D eigenvalue weighted by atomic mass is 16.5. The highest BCUT2D eigenvalue weighted by molar-refractivity contribution is 5.92. The third kappa shape index (κ3) is 3.65. The molecule has 1 amide bonds. The predicted molar refractivity (Wildman–Crippen MR) is 100 cm³/mol. The lowest BCUT2D eigenvalue weighted by Crippen LogP contribution is -2.40. The largest absolute Gasteiger partial charge is 0.378 e. The standard InChI is InChI=1S/C19H22N6O3/c1-19(2,3)18-22-16(28-23-18)13-4-5-20-15(10-13)25-11-14(21-12-25)17(26)24-6-8-27-9-7-24/h4-5,10-12H,6-9H2,1-3H3. The average molecular weight is 382 g/mol. The first-order valence-electron chi connectivity index (χ1n) is 9.14. The molecule has 0 aliphatic carbocycles. The van der Waals surface area contributed by atoms with Gasteiger partial charge < -0.3 is 14.2 Å². The van der Waals surface area contributed by atoms with Crippen LogP contribution in [0.1, 0.15) is 37.1 Å². The monoisotopic (exact) mass is 382 g/mol. The molecule has 4 heterocycles. The molecule has 28 heavy (non-hydrogen) atoms. The highest BCUT2D eigenvalue weighted by Gasteiger charge is 2.23. The van der Waals surface area contributed by atoms with Crippen molar-refractivity contribution in [3.63, 3.8) is 0 Å². The summed E-state index contributed by atoms with van der Waals surface area (Å²) in [6, 6.07) is 3.63. The molecular weight excluding hydrogens is 360 g/mol. The quantitative estimate of drug-likeness (QED) is 0.684. The Morgan fingerprint density at radius 2 is 1.96 bits per heavy atom. The van der Waals surface area contributed by atoms with Gasteiger partial charge in [-0.2, -0.15) is 4.98 Å². The van der Waals surface area contributed by atoms with Crippen molar-refractivity contribution >= 4 is 5.91 Å². The van der Waals surface area contributed by atoms with Crippen LogP contribution in [-0.4, -0.2) is 61.8 Å². The lowest BCUT2D eigenvalue weighted by atomic mass is 9.96. The Hall–Kier alpha value is -3.07. The average Bonchev–Trinajstić information content (AvgIpc) is 3.38. The number of rotatable bonds is 3. The van der Waals surface area contributed by atoms with E-state index in [0.717, 1.165) is 5.56 Å². The van der Waals surface area contributed by atoms with Gasteiger partial charge in [0.25, 0.3) is 11.8 Å². The van der Waals surface area contributed by atoms with Crippen molar-refractivity contribution < 1.29 is 14.1 Å². The molecule has 4 rings (SSSR count). The Morgan fingerprint density at radius 1 is 1.18 bits per heavy atom. The lowest BCUT2D eigenvalue weighted by molar-refractivity contribution is 0.0299. The fourth-order valence-corrected chi connectivity index (χ4v) is 2.82. The van der Waals surface area contributed by atoms with Gasteiger partial charge in [-0.3, -0.25) is 9.36 Å². The second-order valence-electron chi connectivity index (χ2n) is 7.65. The van der Waals surface area contributed by atoms with Gasteiger partial charge in [0.1, 0.15) is 17.8 Å². The molecule has 0 atom stereocenters. The molecule has 1 fully saturated rings. The van der Waals surface area contributed by atoms with Crippen molar-refractivity contribution in [3.8, 4) is 17.3 Å². The zero-order valence-corrected chi connectivity index (χ0v) is 16.1. The summed E-state index contributed by atoms with van der Waals surface area (Å²) < 4.78 is 12.4. The molecule has 0 unspecified atom stereocenters. The van der Waals surface area contributed by atoms with E-state index >= 15 is 0 Å². The molecule has 0 N–H and O–H groups in total. The number of morpholine rings is 1. The number of imidazole rings is 1. The molecule has 1 aliphatic rings. The number of ether oxygens (including phenoxy) is 1. The number of amides is 1. The second-order valence-corrected chi connectivity index (χ2v) is 7.65. The van der Waals surface area contributed by atoms with Crippen LogP contribution >= 0.6 is 0 Å². The van der Waals surface area contributed by atoms with Crippen molar-refractivity contribution in [3.05, 3.63) is 42.4 Å². The van der Waals surface area contributed by atoms with E-state index in [0.29, 0.717) is 49.5 Å². The Kier molecular flexibility index (Phi) is 4.68. The summed E-state index contributed by atoms with van der Waals surface area (Å²) in [5.74, 6) is 1.58. The number of carbonyl (C=O) groups is 1. The minimum Gasteiger partial charge on any atom is -0.378 e. The second kappa shape index (κ2) is 7.16. The van der Waals surface area contributed by atoms with Crippen LogP contribution in [-0.2, 0) is 10.2 Å². The van der Waals surface area contributed by atoms with Crippen LogP contribution in [0.2, 0.25) is 0 Å². The van der Waals surface area contributed by atoms with E-state index < -0.39 is 0 Å². The minimum atomic E-state index is -0.198. The summed E-state index contributed by atoms with van der Waals surface area (Å²) in [5, 5.41) is 4.06. The van der Waals surface area contributed by atoms with E-state index in [4.69, 9.17) is 9.26 Å². The first-order chi connectivity index (χ1) is 13.4. The first-order valence-corrected chi connectivity index (χ1v) is 9.14. The van der Waals surface area contributed by atoms with Gasteiger partial charge in [0, 0.05) is 36.5 Å². The van der Waals surface area contributed by atoms with Crippen LogP contribution in [0.3, 0.4) is 0 Å². The molecule has 3 aromatic heterocycles. The fourth-order valence-electron chi connectivity index (χ4n) is 2.82. The summed E-state index contributed by atoms with van der Waals surface area (Å²) in [4.78, 5) is 27.4. The molecule has 3 aromatic rings. The Morgan fingerprint density at radius 3 is 2.68 bits per heavy atom. The van der Waals surface area contributed by atoms with Crippen molar-refractivity contribution in [2.75, 3.05) is 26.3 Å². The molecule has 0 saturated carbocycles. The Labute approximate surface area is 162 Å². The molecule has 1 saturated heterocycles. The maximum absolute atomic E-state index is 12.6. The van der Waals surface area contributed by atoms with Crippen molar-refractivity contribution in [2.24, 2.45) is 0 Å². The van der Waals surface area contributed by atoms with Gasteiger partial charge in [0.15, 0.2) is 5.82 Å². The zero-order chi connectivity index (χ0) is 19.7. The molecule has 0 radical (unpaired) electrons.